The largest absolute Gasteiger partial charge is 0.479 e. The quantitative estimate of drug-likeness (QED) is 0.342. The van der Waals surface area contributed by atoms with Gasteiger partial charge in [0.1, 0.15) is 10.8 Å². The topological polar surface area (TPSA) is 90.3 Å². The fraction of sp³-hybridized carbons (Fsp3) is 0.452. The Morgan fingerprint density at radius 1 is 1.15 bits per heavy atom. The third-order valence-electron chi connectivity index (χ3n) is 7.38. The molecule has 1 atom stereocenters. The lowest BCUT2D eigenvalue weighted by Gasteiger charge is -2.38. The van der Waals surface area contributed by atoms with Crippen LogP contribution in [0.2, 0.25) is 5.02 Å². The number of rotatable bonds is 7. The van der Waals surface area contributed by atoms with E-state index in [0.717, 1.165) is 69.6 Å². The highest BCUT2D eigenvalue weighted by molar-refractivity contribution is 7.21. The van der Waals surface area contributed by atoms with E-state index in [1.54, 1.807) is 0 Å². The Balaban J connectivity index is 1.59. The first-order valence-corrected chi connectivity index (χ1v) is 15.2. The Labute approximate surface area is 250 Å². The van der Waals surface area contributed by atoms with Gasteiger partial charge in [-0.25, -0.2) is 14.8 Å². The van der Waals surface area contributed by atoms with Gasteiger partial charge in [0, 0.05) is 54.6 Å². The molecule has 3 heterocycles. The number of nitrogens with one attached hydrogen (secondary N) is 1. The minimum atomic E-state index is -1.15. The Morgan fingerprint density at radius 2 is 1.83 bits per heavy atom. The van der Waals surface area contributed by atoms with Crippen molar-refractivity contribution >= 4 is 44.8 Å². The molecule has 8 nitrogen and oxygen atoms in total. The molecule has 0 saturated carbocycles. The van der Waals surface area contributed by atoms with Crippen LogP contribution in [0.4, 0.5) is 0 Å². The molecule has 2 N–H and O–H groups in total. The Hall–Kier alpha value is -2.98. The molecule has 0 unspecified atom stereocenters. The van der Waals surface area contributed by atoms with Gasteiger partial charge in [-0.15, -0.1) is 11.3 Å². The molecule has 1 aromatic heterocycles. The number of fused-ring (bicyclic) bond motifs is 1. The van der Waals surface area contributed by atoms with Gasteiger partial charge in [0.15, 0.2) is 6.10 Å². The lowest BCUT2D eigenvalue weighted by atomic mass is 9.91. The summed E-state index contributed by atoms with van der Waals surface area (Å²) in [6.45, 7) is 16.4. The lowest BCUT2D eigenvalue weighted by molar-refractivity contribution is -0.160. The number of carboxylic acids is 1. The number of hydrogen-bond donors (Lipinski definition) is 2. The van der Waals surface area contributed by atoms with Crippen LogP contribution in [0.15, 0.2) is 47.3 Å². The standard InChI is InChI=1S/C31H38ClN5O3S/c1-18(2)36-11-13-37(14-12-36)24-17-33-16-23(34-24)29-35-22-15-19(3)25(27(30(38)39)40-31(4,5)6)26(28(22)41-29)20-7-9-21(32)10-8-20/h7-10,15,17-18,27,33H,11-14,16H2,1-6H3,(H,38,39)/t27-/m0/s1. The summed E-state index contributed by atoms with van der Waals surface area (Å²) in [6.07, 6.45) is 0.841. The van der Waals surface area contributed by atoms with E-state index in [0.29, 0.717) is 23.2 Å². The number of benzene rings is 2. The number of aromatic nitrogens is 1. The van der Waals surface area contributed by atoms with Crippen molar-refractivity contribution in [1.82, 2.24) is 20.1 Å². The number of halogens is 1. The smallest absolute Gasteiger partial charge is 0.337 e. The summed E-state index contributed by atoms with van der Waals surface area (Å²) in [5.74, 6) is -0.108. The summed E-state index contributed by atoms with van der Waals surface area (Å²) in [5.41, 5.74) is 4.13. The molecule has 0 spiro atoms. The van der Waals surface area contributed by atoms with Crippen LogP contribution in [0.1, 0.15) is 56.9 Å². The highest BCUT2D eigenvalue weighted by Gasteiger charge is 2.33. The number of aliphatic imine (C=N–C) groups is 1. The van der Waals surface area contributed by atoms with E-state index in [-0.39, 0.29) is 0 Å². The highest BCUT2D eigenvalue weighted by Crippen LogP contribution is 2.43. The predicted molar refractivity (Wildman–Crippen MR) is 167 cm³/mol. The first-order valence-electron chi connectivity index (χ1n) is 14.0. The molecular weight excluding hydrogens is 558 g/mol. The molecule has 1 saturated heterocycles. The molecule has 10 heteroatoms. The number of aliphatic carboxylic acids is 1. The Kier molecular flexibility index (Phi) is 8.43. The van der Waals surface area contributed by atoms with Gasteiger partial charge in [-0.2, -0.15) is 0 Å². The Bertz CT molecular complexity index is 1500. The SMILES string of the molecule is Cc1cc2nc(C3=NC(N4CCN(C(C)C)CC4)=CNC3)sc2c(-c2ccc(Cl)cc2)c1[C@H](OC(C)(C)C)C(=O)O. The van der Waals surface area contributed by atoms with Gasteiger partial charge in [-0.3, -0.25) is 4.90 Å². The van der Waals surface area contributed by atoms with Crippen molar-refractivity contribution in [3.05, 3.63) is 63.5 Å². The number of nitrogens with zero attached hydrogens (tertiary/aromatic N) is 4. The third kappa shape index (κ3) is 6.43. The van der Waals surface area contributed by atoms with Crippen molar-refractivity contribution in [2.24, 2.45) is 4.99 Å². The molecule has 0 amide bonds. The monoisotopic (exact) mass is 595 g/mol. The molecule has 1 fully saturated rings. The number of aryl methyl sites for hydroxylation is 1. The van der Waals surface area contributed by atoms with Crippen LogP contribution in [0.25, 0.3) is 21.3 Å². The lowest BCUT2D eigenvalue weighted by Crippen LogP contribution is -2.48. The van der Waals surface area contributed by atoms with Gasteiger partial charge in [-0.1, -0.05) is 23.7 Å². The van der Waals surface area contributed by atoms with E-state index in [1.165, 1.54) is 11.3 Å². The van der Waals surface area contributed by atoms with Gasteiger partial charge in [0.25, 0.3) is 0 Å². The van der Waals surface area contributed by atoms with Crippen LogP contribution in [0, 0.1) is 6.92 Å². The number of thiazole rings is 1. The molecule has 3 aromatic rings. The summed E-state index contributed by atoms with van der Waals surface area (Å²) in [5, 5.41) is 15.1. The number of hydrogen-bond acceptors (Lipinski definition) is 8. The average Bonchev–Trinajstić information content (AvgIpc) is 3.35. The van der Waals surface area contributed by atoms with Crippen LogP contribution in [-0.2, 0) is 9.53 Å². The zero-order chi connectivity index (χ0) is 29.5. The number of piperazine rings is 1. The second kappa shape index (κ2) is 11.7. The predicted octanol–water partition coefficient (Wildman–Crippen LogP) is 6.08. The fourth-order valence-corrected chi connectivity index (χ4v) is 6.60. The first-order chi connectivity index (χ1) is 19.4. The Morgan fingerprint density at radius 3 is 2.44 bits per heavy atom. The summed E-state index contributed by atoms with van der Waals surface area (Å²) in [4.78, 5) is 27.5. The van der Waals surface area contributed by atoms with Crippen molar-refractivity contribution in [3.8, 4) is 11.1 Å². The van der Waals surface area contributed by atoms with Crippen molar-refractivity contribution in [2.45, 2.75) is 59.3 Å². The van der Waals surface area contributed by atoms with E-state index in [9.17, 15) is 9.90 Å². The molecule has 0 aliphatic carbocycles. The summed E-state index contributed by atoms with van der Waals surface area (Å²) in [6, 6.07) is 9.99. The second-order valence-electron chi connectivity index (χ2n) is 11.9. The zero-order valence-electron chi connectivity index (χ0n) is 24.5. The van der Waals surface area contributed by atoms with E-state index < -0.39 is 17.7 Å². The van der Waals surface area contributed by atoms with E-state index in [1.807, 2.05) is 64.2 Å². The van der Waals surface area contributed by atoms with E-state index >= 15 is 0 Å². The first kappa shape index (κ1) is 29.5. The maximum Gasteiger partial charge on any atom is 0.337 e. The normalized spacial score (nSPS) is 17.4. The molecule has 2 aliphatic heterocycles. The number of ether oxygens (including phenoxy) is 1. The van der Waals surface area contributed by atoms with Gasteiger partial charge in [0.2, 0.25) is 0 Å². The molecule has 218 valence electrons. The van der Waals surface area contributed by atoms with Crippen molar-refractivity contribution in [1.29, 1.82) is 0 Å². The summed E-state index contributed by atoms with van der Waals surface area (Å²) < 4.78 is 7.04. The number of carboxylic acid groups (broad SMARTS) is 1. The van der Waals surface area contributed by atoms with Crippen LogP contribution in [0.3, 0.4) is 0 Å². The molecule has 0 radical (unpaired) electrons. The molecule has 2 aromatic carbocycles. The maximum atomic E-state index is 12.6. The number of carbonyl (C=O) groups is 1. The average molecular weight is 596 g/mol. The molecular formula is C31H38ClN5O3S. The van der Waals surface area contributed by atoms with Crippen LogP contribution in [-0.4, -0.2) is 75.9 Å². The van der Waals surface area contributed by atoms with Crippen molar-refractivity contribution < 1.29 is 14.6 Å². The summed E-state index contributed by atoms with van der Waals surface area (Å²) >= 11 is 7.77. The van der Waals surface area contributed by atoms with Gasteiger partial charge in [0.05, 0.1) is 28.1 Å². The summed E-state index contributed by atoms with van der Waals surface area (Å²) in [7, 11) is 0. The zero-order valence-corrected chi connectivity index (χ0v) is 26.1. The van der Waals surface area contributed by atoms with E-state index in [4.69, 9.17) is 26.3 Å². The second-order valence-corrected chi connectivity index (χ2v) is 13.3. The highest BCUT2D eigenvalue weighted by atomic mass is 35.5. The maximum absolute atomic E-state index is 12.6. The minimum Gasteiger partial charge on any atom is -0.479 e. The van der Waals surface area contributed by atoms with Gasteiger partial charge in [-0.05, 0) is 70.9 Å². The molecule has 0 bridgehead atoms. The molecule has 5 rings (SSSR count). The molecule has 2 aliphatic rings. The van der Waals surface area contributed by atoms with Gasteiger partial charge < -0.3 is 20.1 Å². The molecule has 41 heavy (non-hydrogen) atoms. The van der Waals surface area contributed by atoms with Crippen LogP contribution < -0.4 is 5.32 Å². The van der Waals surface area contributed by atoms with Crippen LogP contribution >= 0.6 is 22.9 Å². The van der Waals surface area contributed by atoms with Crippen LogP contribution in [0.5, 0.6) is 0 Å². The van der Waals surface area contributed by atoms with E-state index in [2.05, 4.69) is 29.0 Å². The fourth-order valence-electron chi connectivity index (χ4n) is 5.36. The third-order valence-corrected chi connectivity index (χ3v) is 8.77. The minimum absolute atomic E-state index is 0.537. The van der Waals surface area contributed by atoms with Gasteiger partial charge >= 0.3 is 5.97 Å². The van der Waals surface area contributed by atoms with Crippen molar-refractivity contribution in [2.75, 3.05) is 32.7 Å². The van der Waals surface area contributed by atoms with Crippen molar-refractivity contribution in [3.63, 3.8) is 0 Å².